The van der Waals surface area contributed by atoms with Crippen LogP contribution in [0.1, 0.15) is 36.4 Å². The number of hydrogen-bond acceptors (Lipinski definition) is 3. The second-order valence-electron chi connectivity index (χ2n) is 7.19. The Bertz CT molecular complexity index is 902. The van der Waals surface area contributed by atoms with Gasteiger partial charge in [-0.25, -0.2) is 9.18 Å². The van der Waals surface area contributed by atoms with Crippen molar-refractivity contribution in [1.82, 2.24) is 10.2 Å². The zero-order valence-corrected chi connectivity index (χ0v) is 15.2. The van der Waals surface area contributed by atoms with Crippen molar-refractivity contribution in [1.29, 1.82) is 0 Å². The van der Waals surface area contributed by atoms with Gasteiger partial charge in [0.15, 0.2) is 0 Å². The highest BCUT2D eigenvalue weighted by atomic mass is 19.1. The molecule has 28 heavy (non-hydrogen) atoms. The first-order valence-electron chi connectivity index (χ1n) is 9.28. The van der Waals surface area contributed by atoms with Gasteiger partial charge in [-0.15, -0.1) is 0 Å². The highest BCUT2D eigenvalue weighted by Crippen LogP contribution is 2.46. The summed E-state index contributed by atoms with van der Waals surface area (Å²) in [6.07, 6.45) is 0.522. The van der Waals surface area contributed by atoms with E-state index in [-0.39, 0.29) is 24.4 Å². The summed E-state index contributed by atoms with van der Waals surface area (Å²) in [5.74, 6) is 0.0461. The first-order chi connectivity index (χ1) is 13.5. The number of amides is 2. The molecule has 2 atom stereocenters. The minimum absolute atomic E-state index is 0.111. The number of carboxylic acid groups (broad SMARTS) is 1. The van der Waals surface area contributed by atoms with E-state index in [9.17, 15) is 19.1 Å². The molecule has 4 rings (SSSR count). The van der Waals surface area contributed by atoms with Crippen molar-refractivity contribution in [3.63, 3.8) is 0 Å². The van der Waals surface area contributed by atoms with Crippen LogP contribution < -0.4 is 10.1 Å². The smallest absolute Gasteiger partial charge is 0.408 e. The molecule has 0 aliphatic carbocycles. The van der Waals surface area contributed by atoms with E-state index in [1.807, 2.05) is 12.1 Å². The lowest BCUT2D eigenvalue weighted by molar-refractivity contribution is -0.128. The first-order valence-corrected chi connectivity index (χ1v) is 9.28. The summed E-state index contributed by atoms with van der Waals surface area (Å²) in [5.41, 5.74) is 0.321. The summed E-state index contributed by atoms with van der Waals surface area (Å²) in [5, 5.41) is 12.5. The van der Waals surface area contributed by atoms with E-state index in [0.29, 0.717) is 37.1 Å². The quantitative estimate of drug-likeness (QED) is 0.846. The molecule has 7 heteroatoms. The topological polar surface area (TPSA) is 78.9 Å². The van der Waals surface area contributed by atoms with Gasteiger partial charge < -0.3 is 15.2 Å². The van der Waals surface area contributed by atoms with Crippen molar-refractivity contribution in [3.05, 3.63) is 65.5 Å². The summed E-state index contributed by atoms with van der Waals surface area (Å²) < 4.78 is 19.3. The molecule has 2 aliphatic rings. The Morgan fingerprint density at radius 3 is 2.61 bits per heavy atom. The van der Waals surface area contributed by atoms with E-state index >= 15 is 0 Å². The van der Waals surface area contributed by atoms with Crippen LogP contribution >= 0.6 is 0 Å². The maximum Gasteiger partial charge on any atom is 0.408 e. The van der Waals surface area contributed by atoms with E-state index in [1.54, 1.807) is 30.3 Å². The van der Waals surface area contributed by atoms with Gasteiger partial charge in [0.1, 0.15) is 23.7 Å². The van der Waals surface area contributed by atoms with Crippen LogP contribution in [0.15, 0.2) is 48.5 Å². The number of benzene rings is 2. The molecule has 1 spiro atoms. The molecule has 2 aromatic rings. The number of ether oxygens (including phenoxy) is 1. The van der Waals surface area contributed by atoms with Crippen LogP contribution in [0.3, 0.4) is 0 Å². The summed E-state index contributed by atoms with van der Waals surface area (Å²) in [4.78, 5) is 25.6. The van der Waals surface area contributed by atoms with E-state index in [1.165, 1.54) is 11.0 Å². The Hall–Kier alpha value is -3.09. The first kappa shape index (κ1) is 18.3. The molecule has 0 unspecified atom stereocenters. The zero-order chi connectivity index (χ0) is 19.7. The molecule has 146 valence electrons. The third kappa shape index (κ3) is 3.06. The predicted octanol–water partition coefficient (Wildman–Crippen LogP) is 3.48. The van der Waals surface area contributed by atoms with E-state index in [0.717, 1.165) is 5.56 Å². The fourth-order valence-electron chi connectivity index (χ4n) is 4.25. The third-order valence-electron chi connectivity index (χ3n) is 5.67. The van der Waals surface area contributed by atoms with Gasteiger partial charge in [0.2, 0.25) is 5.91 Å². The third-order valence-corrected chi connectivity index (χ3v) is 5.67. The number of carbonyl (C=O) groups excluding carboxylic acids is 1. The molecular formula is C21H21FN2O4. The Kier molecular flexibility index (Phi) is 4.66. The molecule has 2 fully saturated rings. The Balaban J connectivity index is 1.50. The van der Waals surface area contributed by atoms with Crippen molar-refractivity contribution in [2.75, 3.05) is 6.54 Å². The van der Waals surface area contributed by atoms with E-state index in [2.05, 4.69) is 5.32 Å². The van der Waals surface area contributed by atoms with Crippen molar-refractivity contribution in [2.45, 2.75) is 37.5 Å². The Morgan fingerprint density at radius 1 is 1.21 bits per heavy atom. The van der Waals surface area contributed by atoms with Crippen LogP contribution in [-0.2, 0) is 11.4 Å². The van der Waals surface area contributed by atoms with Crippen LogP contribution in [0.5, 0.6) is 5.75 Å². The summed E-state index contributed by atoms with van der Waals surface area (Å²) >= 11 is 0. The molecule has 0 aromatic heterocycles. The van der Waals surface area contributed by atoms with E-state index in [4.69, 9.17) is 4.74 Å². The van der Waals surface area contributed by atoms with Gasteiger partial charge in [0.25, 0.3) is 0 Å². The average molecular weight is 384 g/mol. The number of hydrogen-bond donors (Lipinski definition) is 2. The maximum atomic E-state index is 13.7. The Labute approximate surface area is 161 Å². The molecule has 0 saturated carbocycles. The standard InChI is InChI=1S/C21H21FN2O4/c22-17-4-2-1-3-15(17)13-28-16-7-5-14(6-8-16)18-9-10-21(24(18)20(26)27)11-12-23-19(21)25/h1-8,18H,9-13H2,(H,23,25)(H,26,27)/t18-,21-/m0/s1. The number of nitrogens with zero attached hydrogens (tertiary/aromatic N) is 1. The minimum atomic E-state index is -1.08. The van der Waals surface area contributed by atoms with Crippen LogP contribution in [0.25, 0.3) is 0 Å². The van der Waals surface area contributed by atoms with Gasteiger partial charge in [-0.05, 0) is 43.0 Å². The minimum Gasteiger partial charge on any atom is -0.489 e. The molecule has 2 aromatic carbocycles. The fraction of sp³-hybridized carbons (Fsp3) is 0.333. The number of halogens is 1. The average Bonchev–Trinajstić information content (AvgIpc) is 3.26. The molecule has 2 N–H and O–H groups in total. The van der Waals surface area contributed by atoms with Crippen LogP contribution in [0.2, 0.25) is 0 Å². The van der Waals surface area contributed by atoms with Gasteiger partial charge in [0, 0.05) is 12.1 Å². The number of rotatable bonds is 4. The lowest BCUT2D eigenvalue weighted by Gasteiger charge is -2.34. The summed E-state index contributed by atoms with van der Waals surface area (Å²) in [7, 11) is 0. The normalized spacial score (nSPS) is 23.8. The van der Waals surface area contributed by atoms with Crippen LogP contribution in [0.4, 0.5) is 9.18 Å². The maximum absolute atomic E-state index is 13.7. The summed E-state index contributed by atoms with van der Waals surface area (Å²) in [6, 6.07) is 13.2. The zero-order valence-electron chi connectivity index (χ0n) is 15.2. The van der Waals surface area contributed by atoms with Crippen molar-refractivity contribution in [3.8, 4) is 5.75 Å². The van der Waals surface area contributed by atoms with Gasteiger partial charge in [-0.3, -0.25) is 9.69 Å². The predicted molar refractivity (Wildman–Crippen MR) is 99.4 cm³/mol. The van der Waals surface area contributed by atoms with Crippen LogP contribution in [0, 0.1) is 5.82 Å². The molecule has 2 heterocycles. The van der Waals surface area contributed by atoms with Gasteiger partial charge in [-0.2, -0.15) is 0 Å². The molecule has 0 radical (unpaired) electrons. The van der Waals surface area contributed by atoms with Crippen molar-refractivity contribution >= 4 is 12.0 Å². The number of likely N-dealkylation sites (tertiary alicyclic amines) is 1. The molecular weight excluding hydrogens is 363 g/mol. The Morgan fingerprint density at radius 2 is 1.96 bits per heavy atom. The monoisotopic (exact) mass is 384 g/mol. The van der Waals surface area contributed by atoms with Crippen LogP contribution in [-0.4, -0.2) is 34.1 Å². The fourth-order valence-corrected chi connectivity index (χ4v) is 4.25. The second kappa shape index (κ2) is 7.14. The SMILES string of the molecule is O=C(O)N1[C@H](c2ccc(OCc3ccccc3F)cc2)CC[C@@]12CCNC2=O. The van der Waals surface area contributed by atoms with Gasteiger partial charge in [-0.1, -0.05) is 30.3 Å². The highest BCUT2D eigenvalue weighted by Gasteiger charge is 2.56. The largest absolute Gasteiger partial charge is 0.489 e. The molecule has 2 saturated heterocycles. The number of carbonyl (C=O) groups is 2. The lowest BCUT2D eigenvalue weighted by atomic mass is 9.95. The van der Waals surface area contributed by atoms with Gasteiger partial charge >= 0.3 is 6.09 Å². The van der Waals surface area contributed by atoms with Gasteiger partial charge in [0.05, 0.1) is 6.04 Å². The molecule has 6 nitrogen and oxygen atoms in total. The molecule has 2 amide bonds. The lowest BCUT2D eigenvalue weighted by Crippen LogP contribution is -2.52. The van der Waals surface area contributed by atoms with E-state index < -0.39 is 11.6 Å². The van der Waals surface area contributed by atoms with Crippen molar-refractivity contribution < 1.29 is 23.8 Å². The van der Waals surface area contributed by atoms with Crippen molar-refractivity contribution in [2.24, 2.45) is 0 Å². The molecule has 0 bridgehead atoms. The molecule has 2 aliphatic heterocycles. The summed E-state index contributed by atoms with van der Waals surface area (Å²) in [6.45, 7) is 0.609. The highest BCUT2D eigenvalue weighted by molar-refractivity contribution is 5.92. The number of nitrogens with one attached hydrogen (secondary N) is 1. The second-order valence-corrected chi connectivity index (χ2v) is 7.19.